The first kappa shape index (κ1) is 27.7. The fourth-order valence-corrected chi connectivity index (χ4v) is 3.29. The highest BCUT2D eigenvalue weighted by molar-refractivity contribution is 5.92. The summed E-state index contributed by atoms with van der Waals surface area (Å²) in [6.45, 7) is 17.2. The van der Waals surface area contributed by atoms with Crippen molar-refractivity contribution >= 4 is 17.5 Å². The topological polar surface area (TPSA) is 75.7 Å². The molecule has 0 unspecified atom stereocenters. The Kier molecular flexibility index (Phi) is 13.3. The zero-order valence-corrected chi connectivity index (χ0v) is 20.1. The maximum atomic E-state index is 13.0. The van der Waals surface area contributed by atoms with Crippen molar-refractivity contribution < 1.29 is 19.1 Å². The third kappa shape index (κ3) is 10.4. The molecule has 0 rings (SSSR count). The van der Waals surface area contributed by atoms with Crippen LogP contribution in [0.1, 0.15) is 68.2 Å². The highest BCUT2D eigenvalue weighted by Crippen LogP contribution is 2.14. The van der Waals surface area contributed by atoms with Crippen molar-refractivity contribution in [3.63, 3.8) is 0 Å². The van der Waals surface area contributed by atoms with Crippen LogP contribution in [0, 0.1) is 23.7 Å². The van der Waals surface area contributed by atoms with Gasteiger partial charge in [0.2, 0.25) is 5.91 Å². The second kappa shape index (κ2) is 13.9. The standard InChI is InChI=1S/C23H44N2O4/c1-15(2)19(26)11-14-29-13-10-12-25(9)21(17(5)6)23(28)24-20(16(3)4)22(27)18(7)8/h15-18,20-21H,10-14H2,1-9H3,(H,24,28)/t20-,21-/m0/s1. The van der Waals surface area contributed by atoms with E-state index < -0.39 is 6.04 Å². The Hall–Kier alpha value is -1.27. The number of carbonyl (C=O) groups is 3. The zero-order valence-electron chi connectivity index (χ0n) is 20.1. The summed E-state index contributed by atoms with van der Waals surface area (Å²) in [7, 11) is 1.93. The highest BCUT2D eigenvalue weighted by atomic mass is 16.5. The van der Waals surface area contributed by atoms with Gasteiger partial charge in [-0.1, -0.05) is 55.4 Å². The number of ketones is 2. The molecule has 170 valence electrons. The maximum absolute atomic E-state index is 13.0. The smallest absolute Gasteiger partial charge is 0.238 e. The maximum Gasteiger partial charge on any atom is 0.238 e. The lowest BCUT2D eigenvalue weighted by atomic mass is 9.92. The van der Waals surface area contributed by atoms with Crippen molar-refractivity contribution in [3.8, 4) is 0 Å². The van der Waals surface area contributed by atoms with Crippen molar-refractivity contribution in [2.24, 2.45) is 23.7 Å². The van der Waals surface area contributed by atoms with Gasteiger partial charge in [-0.2, -0.15) is 0 Å². The summed E-state index contributed by atoms with van der Waals surface area (Å²) in [5, 5.41) is 2.99. The number of likely N-dealkylation sites (N-methyl/N-ethyl adjacent to an activating group) is 1. The van der Waals surface area contributed by atoms with Crippen LogP contribution in [0.2, 0.25) is 0 Å². The number of hydrogen-bond acceptors (Lipinski definition) is 5. The summed E-state index contributed by atoms with van der Waals surface area (Å²) >= 11 is 0. The van der Waals surface area contributed by atoms with Gasteiger partial charge in [0, 0.05) is 31.4 Å². The van der Waals surface area contributed by atoms with E-state index in [1.165, 1.54) is 0 Å². The number of Topliss-reactive ketones (excluding diaryl/α,β-unsaturated/α-hetero) is 2. The number of carbonyl (C=O) groups excluding carboxylic acids is 3. The molecule has 0 aromatic heterocycles. The molecule has 0 heterocycles. The molecule has 0 aromatic rings. The number of amides is 1. The average Bonchev–Trinajstić information content (AvgIpc) is 2.60. The molecule has 0 saturated carbocycles. The van der Waals surface area contributed by atoms with Crippen molar-refractivity contribution in [2.75, 3.05) is 26.8 Å². The Morgan fingerprint density at radius 2 is 1.45 bits per heavy atom. The van der Waals surface area contributed by atoms with E-state index in [-0.39, 0.29) is 47.2 Å². The molecule has 1 amide bonds. The van der Waals surface area contributed by atoms with E-state index in [0.717, 1.165) is 6.42 Å². The summed E-state index contributed by atoms with van der Waals surface area (Å²) < 4.78 is 5.57. The first-order valence-corrected chi connectivity index (χ1v) is 11.0. The molecule has 6 nitrogen and oxygen atoms in total. The van der Waals surface area contributed by atoms with Crippen LogP contribution in [0.4, 0.5) is 0 Å². The first-order chi connectivity index (χ1) is 13.4. The summed E-state index contributed by atoms with van der Waals surface area (Å²) in [6, 6.07) is -0.766. The summed E-state index contributed by atoms with van der Waals surface area (Å²) in [5.74, 6) is 0.293. The van der Waals surface area contributed by atoms with Gasteiger partial charge in [-0.05, 0) is 25.3 Å². The van der Waals surface area contributed by atoms with E-state index in [0.29, 0.717) is 26.2 Å². The van der Waals surface area contributed by atoms with Gasteiger partial charge in [-0.25, -0.2) is 0 Å². The van der Waals surface area contributed by atoms with Crippen molar-refractivity contribution in [1.82, 2.24) is 10.2 Å². The summed E-state index contributed by atoms with van der Waals surface area (Å²) in [4.78, 5) is 39.1. The SMILES string of the molecule is CC(C)C(=O)CCOCCCN(C)[C@H](C(=O)N[C@H](C(=O)C(C)C)C(C)C)C(C)C. The minimum Gasteiger partial charge on any atom is -0.381 e. The fourth-order valence-electron chi connectivity index (χ4n) is 3.29. The lowest BCUT2D eigenvalue weighted by Gasteiger charge is -2.32. The van der Waals surface area contributed by atoms with Crippen LogP contribution < -0.4 is 5.32 Å². The van der Waals surface area contributed by atoms with E-state index in [4.69, 9.17) is 4.74 Å². The molecule has 0 fully saturated rings. The molecule has 0 bridgehead atoms. The quantitative estimate of drug-likeness (QED) is 0.418. The van der Waals surface area contributed by atoms with Gasteiger partial charge in [0.15, 0.2) is 5.78 Å². The molecule has 0 aromatic carbocycles. The third-order valence-electron chi connectivity index (χ3n) is 5.15. The van der Waals surface area contributed by atoms with Crippen LogP contribution in [-0.4, -0.2) is 61.3 Å². The van der Waals surface area contributed by atoms with E-state index >= 15 is 0 Å². The van der Waals surface area contributed by atoms with Crippen LogP contribution in [0.3, 0.4) is 0 Å². The molecule has 29 heavy (non-hydrogen) atoms. The molecule has 0 radical (unpaired) electrons. The van der Waals surface area contributed by atoms with Gasteiger partial charge in [0.1, 0.15) is 5.78 Å². The monoisotopic (exact) mass is 412 g/mol. The van der Waals surface area contributed by atoms with Gasteiger partial charge in [0.05, 0.1) is 18.7 Å². The zero-order chi connectivity index (χ0) is 22.7. The Balaban J connectivity index is 4.65. The number of hydrogen-bond donors (Lipinski definition) is 1. The van der Waals surface area contributed by atoms with E-state index in [9.17, 15) is 14.4 Å². The fraction of sp³-hybridized carbons (Fsp3) is 0.870. The first-order valence-electron chi connectivity index (χ1n) is 11.0. The molecular formula is C23H44N2O4. The molecule has 6 heteroatoms. The molecule has 1 N–H and O–H groups in total. The van der Waals surface area contributed by atoms with E-state index in [1.54, 1.807) is 0 Å². The molecule has 0 saturated heterocycles. The predicted molar refractivity (Wildman–Crippen MR) is 118 cm³/mol. The number of nitrogens with one attached hydrogen (secondary N) is 1. The van der Waals surface area contributed by atoms with Crippen LogP contribution >= 0.6 is 0 Å². The Labute approximate surface area is 178 Å². The Bertz CT molecular complexity index is 515. The second-order valence-corrected chi connectivity index (χ2v) is 9.29. The minimum absolute atomic E-state index is 0.0484. The Morgan fingerprint density at radius 1 is 0.862 bits per heavy atom. The van der Waals surface area contributed by atoms with Gasteiger partial charge >= 0.3 is 0 Å². The lowest BCUT2D eigenvalue weighted by Crippen LogP contribution is -2.55. The second-order valence-electron chi connectivity index (χ2n) is 9.29. The van der Waals surface area contributed by atoms with E-state index in [2.05, 4.69) is 5.32 Å². The van der Waals surface area contributed by atoms with E-state index in [1.807, 2.05) is 67.3 Å². The number of ether oxygens (including phenoxy) is 1. The van der Waals surface area contributed by atoms with Crippen molar-refractivity contribution in [1.29, 1.82) is 0 Å². The molecule has 0 aliphatic rings. The highest BCUT2D eigenvalue weighted by Gasteiger charge is 2.32. The van der Waals surface area contributed by atoms with Crippen LogP contribution in [-0.2, 0) is 19.1 Å². The van der Waals surface area contributed by atoms with Crippen molar-refractivity contribution in [3.05, 3.63) is 0 Å². The minimum atomic E-state index is -0.459. The lowest BCUT2D eigenvalue weighted by molar-refractivity contribution is -0.134. The van der Waals surface area contributed by atoms with Crippen LogP contribution in [0.25, 0.3) is 0 Å². The summed E-state index contributed by atoms with van der Waals surface area (Å²) in [5.41, 5.74) is 0. The molecule has 0 aliphatic carbocycles. The summed E-state index contributed by atoms with van der Waals surface area (Å²) in [6.07, 6.45) is 1.23. The third-order valence-corrected chi connectivity index (χ3v) is 5.15. The number of nitrogens with zero attached hydrogens (tertiary/aromatic N) is 1. The van der Waals surface area contributed by atoms with Crippen LogP contribution in [0.5, 0.6) is 0 Å². The molecule has 0 aliphatic heterocycles. The molecule has 0 spiro atoms. The molecule has 2 atom stereocenters. The van der Waals surface area contributed by atoms with Gasteiger partial charge < -0.3 is 10.1 Å². The van der Waals surface area contributed by atoms with Gasteiger partial charge in [-0.15, -0.1) is 0 Å². The average molecular weight is 413 g/mol. The van der Waals surface area contributed by atoms with Gasteiger partial charge in [-0.3, -0.25) is 19.3 Å². The van der Waals surface area contributed by atoms with Crippen LogP contribution in [0.15, 0.2) is 0 Å². The van der Waals surface area contributed by atoms with Crippen molar-refractivity contribution in [2.45, 2.75) is 80.3 Å². The Morgan fingerprint density at radius 3 is 1.90 bits per heavy atom. The largest absolute Gasteiger partial charge is 0.381 e. The molecular weight excluding hydrogens is 368 g/mol. The normalized spacial score (nSPS) is 14.1. The number of rotatable bonds is 15. The van der Waals surface area contributed by atoms with Gasteiger partial charge in [0.25, 0.3) is 0 Å². The predicted octanol–water partition coefficient (Wildman–Crippen LogP) is 3.33.